The normalized spacial score (nSPS) is 12.6. The highest BCUT2D eigenvalue weighted by atomic mass is 32.2. The van der Waals surface area contributed by atoms with Crippen molar-refractivity contribution in [3.8, 4) is 0 Å². The van der Waals surface area contributed by atoms with Gasteiger partial charge in [0.25, 0.3) is 0 Å². The van der Waals surface area contributed by atoms with Gasteiger partial charge in [-0.25, -0.2) is 0 Å². The van der Waals surface area contributed by atoms with Gasteiger partial charge < -0.3 is 4.43 Å². The summed E-state index contributed by atoms with van der Waals surface area (Å²) in [7, 11) is -1.51. The maximum absolute atomic E-state index is 6.11. The topological polar surface area (TPSA) is 9.23 Å². The Kier molecular flexibility index (Phi) is 5.85. The Balaban J connectivity index is 2.71. The number of rotatable bonds is 6. The van der Waals surface area contributed by atoms with Crippen LogP contribution >= 0.6 is 11.8 Å². The highest BCUT2D eigenvalue weighted by Gasteiger charge is 2.18. The summed E-state index contributed by atoms with van der Waals surface area (Å²) in [5.41, 5.74) is 0. The molecular formula is C14H22OSSi. The predicted octanol–water partition coefficient (Wildman–Crippen LogP) is 5.27. The van der Waals surface area contributed by atoms with Crippen LogP contribution in [0.5, 0.6) is 0 Å². The van der Waals surface area contributed by atoms with Crippen molar-refractivity contribution >= 4 is 20.1 Å². The first-order chi connectivity index (χ1) is 8.01. The van der Waals surface area contributed by atoms with Crippen LogP contribution in [0.3, 0.4) is 0 Å². The molecule has 0 atom stereocenters. The lowest BCUT2D eigenvalue weighted by molar-refractivity contribution is 0.460. The van der Waals surface area contributed by atoms with Crippen LogP contribution in [-0.4, -0.2) is 8.32 Å². The van der Waals surface area contributed by atoms with Crippen LogP contribution in [0, 0.1) is 0 Å². The van der Waals surface area contributed by atoms with Gasteiger partial charge in [0.15, 0.2) is 0 Å². The first-order valence-corrected chi connectivity index (χ1v) is 10.4. The van der Waals surface area contributed by atoms with Crippen LogP contribution < -0.4 is 0 Å². The minimum atomic E-state index is -1.51. The first kappa shape index (κ1) is 14.4. The summed E-state index contributed by atoms with van der Waals surface area (Å²) in [5.74, 6) is 0. The average Bonchev–Trinajstić information content (AvgIpc) is 2.25. The van der Waals surface area contributed by atoms with Gasteiger partial charge >= 0.3 is 0 Å². The summed E-state index contributed by atoms with van der Waals surface area (Å²) in [6.07, 6.45) is 4.46. The molecule has 1 nitrogen and oxygen atoms in total. The molecule has 0 heterocycles. The van der Waals surface area contributed by atoms with Gasteiger partial charge in [-0.05, 0) is 44.3 Å². The van der Waals surface area contributed by atoms with Crippen molar-refractivity contribution in [2.75, 3.05) is 0 Å². The van der Waals surface area contributed by atoms with Gasteiger partial charge in [-0.2, -0.15) is 0 Å². The van der Waals surface area contributed by atoms with E-state index in [2.05, 4.69) is 56.9 Å². The summed E-state index contributed by atoms with van der Waals surface area (Å²) < 4.78 is 6.11. The zero-order valence-corrected chi connectivity index (χ0v) is 13.0. The van der Waals surface area contributed by atoms with Crippen LogP contribution in [0.2, 0.25) is 19.6 Å². The van der Waals surface area contributed by atoms with Crippen molar-refractivity contribution in [2.24, 2.45) is 0 Å². The Morgan fingerprint density at radius 1 is 1.24 bits per heavy atom. The molecule has 17 heavy (non-hydrogen) atoms. The molecule has 1 rings (SSSR count). The highest BCUT2D eigenvalue weighted by Crippen LogP contribution is 2.30. The quantitative estimate of drug-likeness (QED) is 0.394. The standard InChI is InChI=1S/C14H22OSSi/c1-5-6-12-14(15-17(2,3)4)16-13-10-8-7-9-11-13/h7-12H,5-6H2,1-4H3/b14-12+. The molecule has 0 bridgehead atoms. The van der Waals surface area contributed by atoms with Crippen molar-refractivity contribution in [1.29, 1.82) is 0 Å². The summed E-state index contributed by atoms with van der Waals surface area (Å²) in [5, 5.41) is 1.07. The van der Waals surface area contributed by atoms with E-state index in [4.69, 9.17) is 4.43 Å². The molecule has 0 saturated heterocycles. The van der Waals surface area contributed by atoms with E-state index in [9.17, 15) is 0 Å². The maximum Gasteiger partial charge on any atom is 0.242 e. The second-order valence-electron chi connectivity index (χ2n) is 4.94. The van der Waals surface area contributed by atoms with Crippen molar-refractivity contribution in [2.45, 2.75) is 44.3 Å². The summed E-state index contributed by atoms with van der Waals surface area (Å²) >= 11 is 1.73. The van der Waals surface area contributed by atoms with E-state index in [0.29, 0.717) is 0 Å². The van der Waals surface area contributed by atoms with Crippen LogP contribution in [0.4, 0.5) is 0 Å². The molecule has 0 spiro atoms. The second-order valence-corrected chi connectivity index (χ2v) is 10.4. The molecule has 0 aliphatic carbocycles. The van der Waals surface area contributed by atoms with E-state index < -0.39 is 8.32 Å². The van der Waals surface area contributed by atoms with E-state index in [-0.39, 0.29) is 0 Å². The Morgan fingerprint density at radius 2 is 1.88 bits per heavy atom. The fourth-order valence-electron chi connectivity index (χ4n) is 1.27. The van der Waals surface area contributed by atoms with Crippen LogP contribution in [0.15, 0.2) is 46.4 Å². The van der Waals surface area contributed by atoms with E-state index >= 15 is 0 Å². The van der Waals surface area contributed by atoms with Gasteiger partial charge in [-0.15, -0.1) is 0 Å². The molecule has 0 aliphatic heterocycles. The Morgan fingerprint density at radius 3 is 2.41 bits per heavy atom. The largest absolute Gasteiger partial charge is 0.540 e. The fourth-order valence-corrected chi connectivity index (χ4v) is 3.60. The molecule has 3 heteroatoms. The zero-order chi connectivity index (χ0) is 12.7. The van der Waals surface area contributed by atoms with E-state index in [1.54, 1.807) is 11.8 Å². The zero-order valence-electron chi connectivity index (χ0n) is 11.2. The number of allylic oxidation sites excluding steroid dienone is 1. The minimum absolute atomic E-state index is 1.07. The van der Waals surface area contributed by atoms with Crippen molar-refractivity contribution in [3.63, 3.8) is 0 Å². The molecule has 0 fully saturated rings. The van der Waals surface area contributed by atoms with Gasteiger partial charge in [-0.3, -0.25) is 0 Å². The third kappa shape index (κ3) is 6.59. The molecule has 1 aromatic rings. The fraction of sp³-hybridized carbons (Fsp3) is 0.429. The minimum Gasteiger partial charge on any atom is -0.540 e. The summed E-state index contributed by atoms with van der Waals surface area (Å²) in [4.78, 5) is 1.24. The Bertz CT molecular complexity index is 354. The van der Waals surface area contributed by atoms with E-state index in [0.717, 1.165) is 17.9 Å². The Labute approximate surface area is 110 Å². The molecule has 0 aromatic heterocycles. The van der Waals surface area contributed by atoms with Gasteiger partial charge in [0.2, 0.25) is 8.32 Å². The van der Waals surface area contributed by atoms with Gasteiger partial charge in [-0.1, -0.05) is 43.3 Å². The molecule has 0 amide bonds. The predicted molar refractivity (Wildman–Crippen MR) is 79.7 cm³/mol. The third-order valence-corrected chi connectivity index (χ3v) is 3.91. The number of hydrogen-bond donors (Lipinski definition) is 0. The van der Waals surface area contributed by atoms with Crippen LogP contribution in [0.1, 0.15) is 19.8 Å². The van der Waals surface area contributed by atoms with E-state index in [1.165, 1.54) is 4.90 Å². The number of unbranched alkanes of at least 4 members (excludes halogenated alkanes) is 1. The number of hydrogen-bond acceptors (Lipinski definition) is 2. The highest BCUT2D eigenvalue weighted by molar-refractivity contribution is 8.03. The average molecular weight is 266 g/mol. The lowest BCUT2D eigenvalue weighted by Crippen LogP contribution is -2.24. The van der Waals surface area contributed by atoms with Crippen LogP contribution in [-0.2, 0) is 4.43 Å². The molecule has 0 radical (unpaired) electrons. The van der Waals surface area contributed by atoms with Gasteiger partial charge in [0.1, 0.15) is 5.09 Å². The molecular weight excluding hydrogens is 244 g/mol. The van der Waals surface area contributed by atoms with Gasteiger partial charge in [0, 0.05) is 4.90 Å². The molecule has 0 unspecified atom stereocenters. The molecule has 94 valence electrons. The Hall–Kier alpha value is -0.673. The molecule has 0 aliphatic rings. The SMILES string of the molecule is CCC/C=C(\O[Si](C)(C)C)Sc1ccccc1. The van der Waals surface area contributed by atoms with Crippen molar-refractivity contribution < 1.29 is 4.43 Å². The molecule has 1 aromatic carbocycles. The summed E-state index contributed by atoms with van der Waals surface area (Å²) in [6, 6.07) is 10.4. The summed E-state index contributed by atoms with van der Waals surface area (Å²) in [6.45, 7) is 8.85. The maximum atomic E-state index is 6.11. The van der Waals surface area contributed by atoms with Crippen LogP contribution in [0.25, 0.3) is 0 Å². The monoisotopic (exact) mass is 266 g/mol. The number of benzene rings is 1. The number of thioether (sulfide) groups is 1. The van der Waals surface area contributed by atoms with Gasteiger partial charge in [0.05, 0.1) is 0 Å². The molecule has 0 saturated carbocycles. The lowest BCUT2D eigenvalue weighted by atomic mass is 10.3. The van der Waals surface area contributed by atoms with E-state index in [1.807, 2.05) is 6.07 Å². The first-order valence-electron chi connectivity index (χ1n) is 6.13. The third-order valence-electron chi connectivity index (χ3n) is 1.97. The lowest BCUT2D eigenvalue weighted by Gasteiger charge is -2.21. The smallest absolute Gasteiger partial charge is 0.242 e. The molecule has 0 N–H and O–H groups in total. The van der Waals surface area contributed by atoms with Crippen molar-refractivity contribution in [1.82, 2.24) is 0 Å². The second kappa shape index (κ2) is 6.92. The van der Waals surface area contributed by atoms with Crippen molar-refractivity contribution in [3.05, 3.63) is 41.5 Å².